The quantitative estimate of drug-likeness (QED) is 0.797. The summed E-state index contributed by atoms with van der Waals surface area (Å²) in [5, 5.41) is 8.50. The lowest BCUT2D eigenvalue weighted by Crippen LogP contribution is -2.11. The molecule has 1 N–H and O–H groups in total. The van der Waals surface area contributed by atoms with Gasteiger partial charge in [0, 0.05) is 23.2 Å². The molecule has 1 unspecified atom stereocenters. The Balaban J connectivity index is 2.06. The molecule has 3 nitrogen and oxygen atoms in total. The Bertz CT molecular complexity index is 592. The van der Waals surface area contributed by atoms with E-state index in [4.69, 9.17) is 11.6 Å². The van der Waals surface area contributed by atoms with Crippen molar-refractivity contribution in [2.45, 2.75) is 44.0 Å². The summed E-state index contributed by atoms with van der Waals surface area (Å²) in [6.45, 7) is 7.05. The summed E-state index contributed by atoms with van der Waals surface area (Å²) in [7, 11) is 1.98. The van der Waals surface area contributed by atoms with E-state index in [1.165, 1.54) is 10.5 Å². The third-order valence-electron chi connectivity index (χ3n) is 3.64. The van der Waals surface area contributed by atoms with Crippen LogP contribution in [0.5, 0.6) is 0 Å². The molecule has 1 atom stereocenters. The Morgan fingerprint density at radius 3 is 2.57 bits per heavy atom. The second-order valence-electron chi connectivity index (χ2n) is 5.03. The number of benzene rings is 1. The van der Waals surface area contributed by atoms with E-state index in [0.29, 0.717) is 6.04 Å². The summed E-state index contributed by atoms with van der Waals surface area (Å²) >= 11 is 8.13. The van der Waals surface area contributed by atoms with Crippen LogP contribution >= 0.6 is 23.4 Å². The van der Waals surface area contributed by atoms with Crippen LogP contribution in [0, 0.1) is 6.92 Å². The number of nitrogens with zero attached hydrogens (tertiary/aromatic N) is 2. The predicted octanol–water partition coefficient (Wildman–Crippen LogP) is 4.44. The number of rotatable bonds is 6. The molecule has 1 heterocycles. The normalized spacial score (nSPS) is 12.6. The monoisotopic (exact) mass is 323 g/mol. The molecule has 0 bridgehead atoms. The van der Waals surface area contributed by atoms with Crippen molar-refractivity contribution in [3.05, 3.63) is 46.2 Å². The smallest absolute Gasteiger partial charge is 0.0855 e. The van der Waals surface area contributed by atoms with E-state index >= 15 is 0 Å². The maximum atomic E-state index is 6.34. The Kier molecular flexibility index (Phi) is 5.73. The van der Waals surface area contributed by atoms with Crippen LogP contribution in [0.1, 0.15) is 36.8 Å². The van der Waals surface area contributed by atoms with Crippen LogP contribution in [0.15, 0.2) is 29.2 Å². The predicted molar refractivity (Wildman–Crippen MR) is 91.1 cm³/mol. The van der Waals surface area contributed by atoms with Crippen molar-refractivity contribution < 1.29 is 0 Å². The molecule has 0 saturated heterocycles. The van der Waals surface area contributed by atoms with Gasteiger partial charge in [-0.1, -0.05) is 23.7 Å². The highest BCUT2D eigenvalue weighted by atomic mass is 35.5. The Hall–Kier alpha value is -0.970. The summed E-state index contributed by atoms with van der Waals surface area (Å²) < 4.78 is 1.99. The number of thioether (sulfide) groups is 1. The molecule has 0 aliphatic heterocycles. The van der Waals surface area contributed by atoms with Crippen molar-refractivity contribution >= 4 is 23.4 Å². The van der Waals surface area contributed by atoms with Crippen molar-refractivity contribution in [3.8, 4) is 0 Å². The lowest BCUT2D eigenvalue weighted by atomic mass is 10.1. The zero-order chi connectivity index (χ0) is 15.4. The molecule has 5 heteroatoms. The largest absolute Gasteiger partial charge is 0.313 e. The van der Waals surface area contributed by atoms with E-state index < -0.39 is 0 Å². The Morgan fingerprint density at radius 2 is 2.00 bits per heavy atom. The molecule has 2 rings (SSSR count). The molecule has 2 aromatic rings. The van der Waals surface area contributed by atoms with E-state index in [9.17, 15) is 0 Å². The van der Waals surface area contributed by atoms with Crippen LogP contribution in [0.4, 0.5) is 0 Å². The van der Waals surface area contributed by atoms with Gasteiger partial charge in [-0.25, -0.2) is 0 Å². The molecular formula is C16H22ClN3S. The van der Waals surface area contributed by atoms with Crippen LogP contribution in [-0.4, -0.2) is 16.8 Å². The minimum Gasteiger partial charge on any atom is -0.313 e. The first-order valence-electron chi connectivity index (χ1n) is 7.18. The van der Waals surface area contributed by atoms with Crippen molar-refractivity contribution in [1.82, 2.24) is 15.1 Å². The van der Waals surface area contributed by atoms with Gasteiger partial charge < -0.3 is 5.32 Å². The Morgan fingerprint density at radius 1 is 1.33 bits per heavy atom. The number of halogens is 1. The van der Waals surface area contributed by atoms with E-state index in [2.05, 4.69) is 48.5 Å². The van der Waals surface area contributed by atoms with E-state index in [1.807, 2.05) is 18.7 Å². The summed E-state index contributed by atoms with van der Waals surface area (Å²) in [6, 6.07) is 9.06. The molecule has 114 valence electrons. The molecule has 0 radical (unpaired) electrons. The van der Waals surface area contributed by atoms with Gasteiger partial charge in [0.15, 0.2) is 0 Å². The highest BCUT2D eigenvalue weighted by Gasteiger charge is 2.12. The summed E-state index contributed by atoms with van der Waals surface area (Å²) in [6.07, 6.45) is 0. The van der Waals surface area contributed by atoms with Gasteiger partial charge in [0.25, 0.3) is 0 Å². The molecule has 0 spiro atoms. The fraction of sp³-hybridized carbons (Fsp3) is 0.438. The van der Waals surface area contributed by atoms with Crippen LogP contribution in [0.2, 0.25) is 5.02 Å². The molecule has 1 aromatic heterocycles. The van der Waals surface area contributed by atoms with Gasteiger partial charge in [0.05, 0.1) is 16.4 Å². The first-order valence-corrected chi connectivity index (χ1v) is 8.55. The van der Waals surface area contributed by atoms with Gasteiger partial charge in [-0.05, 0) is 45.5 Å². The third kappa shape index (κ3) is 3.82. The van der Waals surface area contributed by atoms with E-state index in [0.717, 1.165) is 28.7 Å². The summed E-state index contributed by atoms with van der Waals surface area (Å²) in [5.74, 6) is 0.842. The second-order valence-corrected chi connectivity index (χ2v) is 6.46. The van der Waals surface area contributed by atoms with Gasteiger partial charge in [0.1, 0.15) is 0 Å². The number of hydrogen-bond acceptors (Lipinski definition) is 3. The molecule has 21 heavy (non-hydrogen) atoms. The van der Waals surface area contributed by atoms with Crippen molar-refractivity contribution in [1.29, 1.82) is 0 Å². The van der Waals surface area contributed by atoms with Gasteiger partial charge in [-0.2, -0.15) is 5.10 Å². The number of aromatic nitrogens is 2. The van der Waals surface area contributed by atoms with Crippen LogP contribution < -0.4 is 5.32 Å². The average Bonchev–Trinajstić information content (AvgIpc) is 2.79. The highest BCUT2D eigenvalue weighted by molar-refractivity contribution is 7.98. The van der Waals surface area contributed by atoms with Crippen LogP contribution in [-0.2, 0) is 12.3 Å². The van der Waals surface area contributed by atoms with Crippen molar-refractivity contribution in [3.63, 3.8) is 0 Å². The average molecular weight is 324 g/mol. The SMILES string of the molecule is CCn1nc(C)c(Cl)c1CSc1ccc(C(C)NC)cc1. The third-order valence-corrected chi connectivity index (χ3v) is 5.16. The molecule has 0 amide bonds. The lowest BCUT2D eigenvalue weighted by Gasteiger charge is -2.11. The first kappa shape index (κ1) is 16.4. The van der Waals surface area contributed by atoms with Crippen molar-refractivity contribution in [2.75, 3.05) is 7.05 Å². The molecular weight excluding hydrogens is 302 g/mol. The molecule has 0 saturated carbocycles. The van der Waals surface area contributed by atoms with Crippen LogP contribution in [0.25, 0.3) is 0 Å². The second kappa shape index (κ2) is 7.34. The van der Waals surface area contributed by atoms with Crippen LogP contribution in [0.3, 0.4) is 0 Å². The molecule has 0 aliphatic rings. The first-order chi connectivity index (χ1) is 10.1. The number of nitrogens with one attached hydrogen (secondary N) is 1. The van der Waals surface area contributed by atoms with Gasteiger partial charge in [-0.3, -0.25) is 4.68 Å². The highest BCUT2D eigenvalue weighted by Crippen LogP contribution is 2.29. The fourth-order valence-corrected chi connectivity index (χ4v) is 3.38. The zero-order valence-corrected chi connectivity index (χ0v) is 14.6. The number of aryl methyl sites for hydroxylation is 2. The Labute approximate surface area is 136 Å². The summed E-state index contributed by atoms with van der Waals surface area (Å²) in [4.78, 5) is 1.25. The minimum absolute atomic E-state index is 0.377. The van der Waals surface area contributed by atoms with Gasteiger partial charge >= 0.3 is 0 Å². The zero-order valence-electron chi connectivity index (χ0n) is 13.0. The van der Waals surface area contributed by atoms with E-state index in [-0.39, 0.29) is 0 Å². The molecule has 0 fully saturated rings. The van der Waals surface area contributed by atoms with E-state index in [1.54, 1.807) is 11.8 Å². The standard InChI is InChI=1S/C16H22ClN3S/c1-5-20-15(16(17)12(3)19-20)10-21-14-8-6-13(7-9-14)11(2)18-4/h6-9,11,18H,5,10H2,1-4H3. The van der Waals surface area contributed by atoms with Gasteiger partial charge in [0.2, 0.25) is 0 Å². The van der Waals surface area contributed by atoms with Gasteiger partial charge in [-0.15, -0.1) is 11.8 Å². The molecule has 0 aliphatic carbocycles. The minimum atomic E-state index is 0.377. The summed E-state index contributed by atoms with van der Waals surface area (Å²) in [5.41, 5.74) is 3.32. The van der Waals surface area contributed by atoms with Crippen molar-refractivity contribution in [2.24, 2.45) is 0 Å². The maximum Gasteiger partial charge on any atom is 0.0855 e. The topological polar surface area (TPSA) is 29.9 Å². The fourth-order valence-electron chi connectivity index (χ4n) is 2.18. The number of hydrogen-bond donors (Lipinski definition) is 1. The molecule has 1 aromatic carbocycles. The lowest BCUT2D eigenvalue weighted by molar-refractivity contribution is 0.632. The maximum absolute atomic E-state index is 6.34.